The molecule has 9 heteroatoms. The van der Waals surface area contributed by atoms with Gasteiger partial charge in [0.15, 0.2) is 0 Å². The fraction of sp³-hybridized carbons (Fsp3) is 0.636. The Labute approximate surface area is 123 Å². The SMILES string of the molecule is CN(C)C(=O)C1CCCN1S(=O)(=O)c1ncn(C)c1Cl. The number of hydrogen-bond donors (Lipinski definition) is 0. The van der Waals surface area contributed by atoms with Crippen LogP contribution in [0.2, 0.25) is 5.15 Å². The summed E-state index contributed by atoms with van der Waals surface area (Å²) in [5.41, 5.74) is 0. The number of halogens is 1. The maximum absolute atomic E-state index is 12.6. The fourth-order valence-electron chi connectivity index (χ4n) is 2.25. The van der Waals surface area contributed by atoms with Crippen LogP contribution in [0.1, 0.15) is 12.8 Å². The first-order valence-corrected chi connectivity index (χ1v) is 7.98. The highest BCUT2D eigenvalue weighted by Gasteiger charge is 2.42. The van der Waals surface area contributed by atoms with Gasteiger partial charge in [-0.05, 0) is 12.8 Å². The molecule has 0 aromatic carbocycles. The molecule has 7 nitrogen and oxygen atoms in total. The second-order valence-corrected chi connectivity index (χ2v) is 7.12. The Morgan fingerprint density at radius 2 is 2.15 bits per heavy atom. The number of carbonyl (C=O) groups is 1. The van der Waals surface area contributed by atoms with Gasteiger partial charge in [-0.2, -0.15) is 4.31 Å². The van der Waals surface area contributed by atoms with Gasteiger partial charge in [-0.1, -0.05) is 11.6 Å². The molecule has 1 aliphatic rings. The average Bonchev–Trinajstić information content (AvgIpc) is 2.97. The van der Waals surface area contributed by atoms with Gasteiger partial charge >= 0.3 is 0 Å². The summed E-state index contributed by atoms with van der Waals surface area (Å²) in [6, 6.07) is -0.673. The molecule has 0 N–H and O–H groups in total. The van der Waals surface area contributed by atoms with Crippen molar-refractivity contribution in [3.8, 4) is 0 Å². The molecule has 1 fully saturated rings. The molecule has 1 saturated heterocycles. The van der Waals surface area contributed by atoms with Crippen molar-refractivity contribution in [3.05, 3.63) is 11.5 Å². The Hall–Kier alpha value is -1.12. The molecule has 1 amide bonds. The number of amides is 1. The molecular formula is C11H17ClN4O3S. The van der Waals surface area contributed by atoms with Crippen molar-refractivity contribution in [2.45, 2.75) is 23.9 Å². The largest absolute Gasteiger partial charge is 0.347 e. The van der Waals surface area contributed by atoms with Crippen molar-refractivity contribution in [2.75, 3.05) is 20.6 Å². The first-order chi connectivity index (χ1) is 9.26. The van der Waals surface area contributed by atoms with E-state index in [-0.39, 0.29) is 16.1 Å². The molecule has 1 aromatic rings. The second kappa shape index (κ2) is 5.34. The van der Waals surface area contributed by atoms with Crippen molar-refractivity contribution < 1.29 is 13.2 Å². The van der Waals surface area contributed by atoms with Gasteiger partial charge in [0.25, 0.3) is 10.0 Å². The molecule has 1 unspecified atom stereocenters. The van der Waals surface area contributed by atoms with E-state index in [0.29, 0.717) is 19.4 Å². The summed E-state index contributed by atoms with van der Waals surface area (Å²) >= 11 is 5.96. The van der Waals surface area contributed by atoms with E-state index in [4.69, 9.17) is 11.6 Å². The Morgan fingerprint density at radius 1 is 1.50 bits per heavy atom. The summed E-state index contributed by atoms with van der Waals surface area (Å²) in [6.45, 7) is 0.305. The molecule has 1 atom stereocenters. The molecule has 20 heavy (non-hydrogen) atoms. The fourth-order valence-corrected chi connectivity index (χ4v) is 4.29. The van der Waals surface area contributed by atoms with Gasteiger partial charge in [0.1, 0.15) is 11.2 Å². The van der Waals surface area contributed by atoms with Crippen molar-refractivity contribution in [2.24, 2.45) is 7.05 Å². The van der Waals surface area contributed by atoms with Crippen LogP contribution in [-0.2, 0) is 21.9 Å². The van der Waals surface area contributed by atoms with Crippen LogP contribution in [0.15, 0.2) is 11.4 Å². The third-order valence-electron chi connectivity index (χ3n) is 3.32. The lowest BCUT2D eigenvalue weighted by Crippen LogP contribution is -2.45. The molecule has 0 aliphatic carbocycles. The van der Waals surface area contributed by atoms with Gasteiger partial charge in [-0.3, -0.25) is 4.79 Å². The molecule has 0 saturated carbocycles. The van der Waals surface area contributed by atoms with Gasteiger partial charge in [0, 0.05) is 27.7 Å². The van der Waals surface area contributed by atoms with Crippen molar-refractivity contribution in [1.29, 1.82) is 0 Å². The summed E-state index contributed by atoms with van der Waals surface area (Å²) < 4.78 is 27.8. The Morgan fingerprint density at radius 3 is 2.65 bits per heavy atom. The van der Waals surface area contributed by atoms with Gasteiger partial charge < -0.3 is 9.47 Å². The highest BCUT2D eigenvalue weighted by Crippen LogP contribution is 2.29. The lowest BCUT2D eigenvalue weighted by Gasteiger charge is -2.24. The summed E-state index contributed by atoms with van der Waals surface area (Å²) in [4.78, 5) is 17.3. The monoisotopic (exact) mass is 320 g/mol. The van der Waals surface area contributed by atoms with Gasteiger partial charge in [-0.15, -0.1) is 0 Å². The van der Waals surface area contributed by atoms with Crippen LogP contribution in [0.25, 0.3) is 0 Å². The van der Waals surface area contributed by atoms with Crippen LogP contribution in [0.3, 0.4) is 0 Å². The predicted octanol–water partition coefficient (Wildman–Crippen LogP) is 0.315. The van der Waals surface area contributed by atoms with E-state index in [0.717, 1.165) is 0 Å². The molecule has 0 bridgehead atoms. The maximum Gasteiger partial charge on any atom is 0.264 e. The average molecular weight is 321 g/mol. The number of nitrogens with zero attached hydrogens (tertiary/aromatic N) is 4. The van der Waals surface area contributed by atoms with Crippen LogP contribution >= 0.6 is 11.6 Å². The van der Waals surface area contributed by atoms with Crippen LogP contribution in [-0.4, -0.2) is 59.8 Å². The molecule has 112 valence electrons. The van der Waals surface area contributed by atoms with Gasteiger partial charge in [0.05, 0.1) is 6.33 Å². The zero-order valence-corrected chi connectivity index (χ0v) is 13.1. The molecule has 0 radical (unpaired) electrons. The smallest absolute Gasteiger partial charge is 0.264 e. The van der Waals surface area contributed by atoms with Crippen LogP contribution in [0.5, 0.6) is 0 Å². The van der Waals surface area contributed by atoms with Crippen molar-refractivity contribution in [3.63, 3.8) is 0 Å². The third kappa shape index (κ3) is 2.43. The van der Waals surface area contributed by atoms with Crippen LogP contribution in [0.4, 0.5) is 0 Å². The van der Waals surface area contributed by atoms with E-state index in [1.54, 1.807) is 21.1 Å². The third-order valence-corrected chi connectivity index (χ3v) is 5.72. The highest BCUT2D eigenvalue weighted by molar-refractivity contribution is 7.89. The summed E-state index contributed by atoms with van der Waals surface area (Å²) in [7, 11) is 0.978. The van der Waals surface area contributed by atoms with E-state index in [9.17, 15) is 13.2 Å². The van der Waals surface area contributed by atoms with E-state index in [1.807, 2.05) is 0 Å². The van der Waals surface area contributed by atoms with Crippen LogP contribution in [0, 0.1) is 0 Å². The zero-order valence-electron chi connectivity index (χ0n) is 11.6. The second-order valence-electron chi connectivity index (χ2n) is 4.96. The molecule has 1 aliphatic heterocycles. The summed E-state index contributed by atoms with van der Waals surface area (Å²) in [5.74, 6) is -0.224. The van der Waals surface area contributed by atoms with E-state index < -0.39 is 16.1 Å². The Balaban J connectivity index is 2.39. The minimum atomic E-state index is -3.85. The molecule has 1 aromatic heterocycles. The van der Waals surface area contributed by atoms with Crippen molar-refractivity contribution in [1.82, 2.24) is 18.8 Å². The summed E-state index contributed by atoms with van der Waals surface area (Å²) in [5, 5.41) is -0.145. The Bertz CT molecular complexity index is 626. The lowest BCUT2D eigenvalue weighted by molar-refractivity contribution is -0.132. The number of carbonyl (C=O) groups excluding carboxylic acids is 1. The molecule has 2 rings (SSSR count). The topological polar surface area (TPSA) is 75.5 Å². The molecule has 2 heterocycles. The first-order valence-electron chi connectivity index (χ1n) is 6.16. The standard InChI is InChI=1S/C11H17ClN4O3S/c1-14(2)11(17)8-5-4-6-16(8)20(18,19)10-9(12)15(3)7-13-10/h7-8H,4-6H2,1-3H3. The maximum atomic E-state index is 12.6. The first kappa shape index (κ1) is 15.3. The minimum absolute atomic E-state index is 0.0490. The van der Waals surface area contributed by atoms with Gasteiger partial charge in [0.2, 0.25) is 10.9 Å². The number of sulfonamides is 1. The molecular weight excluding hydrogens is 304 g/mol. The number of likely N-dealkylation sites (N-methyl/N-ethyl adjacent to an activating group) is 1. The normalized spacial score (nSPS) is 20.3. The van der Waals surface area contributed by atoms with E-state index in [2.05, 4.69) is 4.98 Å². The Kier molecular flexibility index (Phi) is 4.08. The zero-order chi connectivity index (χ0) is 15.1. The van der Waals surface area contributed by atoms with Gasteiger partial charge in [-0.25, -0.2) is 13.4 Å². The van der Waals surface area contributed by atoms with E-state index in [1.165, 1.54) is 20.1 Å². The summed E-state index contributed by atoms with van der Waals surface area (Å²) in [6.07, 6.45) is 2.50. The van der Waals surface area contributed by atoms with E-state index >= 15 is 0 Å². The quantitative estimate of drug-likeness (QED) is 0.803. The molecule has 0 spiro atoms. The number of aromatic nitrogens is 2. The minimum Gasteiger partial charge on any atom is -0.347 e. The van der Waals surface area contributed by atoms with Crippen molar-refractivity contribution >= 4 is 27.5 Å². The number of rotatable bonds is 3. The number of imidazole rings is 1. The number of hydrogen-bond acceptors (Lipinski definition) is 4. The lowest BCUT2D eigenvalue weighted by atomic mass is 10.2. The predicted molar refractivity (Wildman–Crippen MR) is 73.8 cm³/mol. The highest BCUT2D eigenvalue weighted by atomic mass is 35.5. The van der Waals surface area contributed by atoms with Crippen LogP contribution < -0.4 is 0 Å². The number of aryl methyl sites for hydroxylation is 1.